The highest BCUT2D eigenvalue weighted by atomic mass is 16.4. The Labute approximate surface area is 128 Å². The molecule has 0 aliphatic carbocycles. The number of nitrogens with zero attached hydrogens (tertiary/aromatic N) is 4. The monoisotopic (exact) mass is 298 g/mol. The maximum absolute atomic E-state index is 8.64. The van der Waals surface area contributed by atoms with Crippen LogP contribution in [0, 0.1) is 0 Å². The summed E-state index contributed by atoms with van der Waals surface area (Å²) < 4.78 is 3.95. The molecule has 0 bridgehead atoms. The van der Waals surface area contributed by atoms with Crippen molar-refractivity contribution < 1.29 is 19.5 Å². The molecule has 6 nitrogen and oxygen atoms in total. The molecule has 0 aliphatic rings. The summed E-state index contributed by atoms with van der Waals surface area (Å²) in [5.74, 6) is 0. The van der Waals surface area contributed by atoms with Gasteiger partial charge in [0.05, 0.1) is 11.8 Å². The quantitative estimate of drug-likeness (QED) is 0.276. The summed E-state index contributed by atoms with van der Waals surface area (Å²) in [6, 6.07) is 9.45. The van der Waals surface area contributed by atoms with Crippen LogP contribution in [0.15, 0.2) is 71.4 Å². The van der Waals surface area contributed by atoms with Gasteiger partial charge in [0.2, 0.25) is 5.69 Å². The lowest BCUT2D eigenvalue weighted by atomic mass is 10.3. The molecule has 2 heterocycles. The van der Waals surface area contributed by atoms with E-state index in [-0.39, 0.29) is 0 Å². The van der Waals surface area contributed by atoms with Crippen molar-refractivity contribution in [3.63, 3.8) is 0 Å². The lowest BCUT2D eigenvalue weighted by molar-refractivity contribution is -0.691. The number of oxime groups is 2. The Balaban J connectivity index is 1.98. The van der Waals surface area contributed by atoms with Crippen molar-refractivity contribution >= 4 is 12.4 Å². The Bertz CT molecular complexity index is 696. The van der Waals surface area contributed by atoms with E-state index in [1.165, 1.54) is 12.4 Å². The van der Waals surface area contributed by atoms with Gasteiger partial charge in [-0.25, -0.2) is 4.57 Å². The Morgan fingerprint density at radius 1 is 0.909 bits per heavy atom. The van der Waals surface area contributed by atoms with Crippen molar-refractivity contribution in [2.24, 2.45) is 10.3 Å². The fraction of sp³-hybridized carbons (Fsp3) is 0.125. The predicted octanol–water partition coefficient (Wildman–Crippen LogP) is 1.13. The molecule has 0 saturated heterocycles. The molecule has 0 fully saturated rings. The molecular formula is C16H18N4O2+2. The standard InChI is InChI=1S/C16H16N4O2/c21-17-12-15-6-5-9-19(14-15)8-3-4-11-20-10-2-1-7-16(20)13-18-22/h1-7,9-10,12-14H,8,11H2/p+2/b4-3+,17-12-. The molecule has 0 amide bonds. The second-order valence-electron chi connectivity index (χ2n) is 4.57. The van der Waals surface area contributed by atoms with E-state index in [1.54, 1.807) is 0 Å². The van der Waals surface area contributed by atoms with Gasteiger partial charge in [-0.2, -0.15) is 4.57 Å². The zero-order valence-corrected chi connectivity index (χ0v) is 12.0. The Morgan fingerprint density at radius 2 is 1.73 bits per heavy atom. The Hall–Kier alpha value is -3.02. The van der Waals surface area contributed by atoms with E-state index < -0.39 is 0 Å². The topological polar surface area (TPSA) is 72.9 Å². The molecule has 2 aromatic heterocycles. The van der Waals surface area contributed by atoms with E-state index in [9.17, 15) is 0 Å². The Morgan fingerprint density at radius 3 is 2.55 bits per heavy atom. The van der Waals surface area contributed by atoms with Crippen LogP contribution in [0.2, 0.25) is 0 Å². The highest BCUT2D eigenvalue weighted by Gasteiger charge is 2.05. The lowest BCUT2D eigenvalue weighted by Crippen LogP contribution is -2.37. The van der Waals surface area contributed by atoms with E-state index in [0.717, 1.165) is 11.3 Å². The van der Waals surface area contributed by atoms with Crippen LogP contribution < -0.4 is 9.13 Å². The van der Waals surface area contributed by atoms with Crippen molar-refractivity contribution in [2.75, 3.05) is 0 Å². The van der Waals surface area contributed by atoms with Crippen LogP contribution in [0.4, 0.5) is 0 Å². The first-order valence-corrected chi connectivity index (χ1v) is 6.81. The van der Waals surface area contributed by atoms with Crippen molar-refractivity contribution in [3.8, 4) is 0 Å². The average molecular weight is 298 g/mol. The van der Waals surface area contributed by atoms with Crippen molar-refractivity contribution in [3.05, 3.63) is 72.3 Å². The molecule has 6 heteroatoms. The SMILES string of the molecule is ON=Cc1cccc[n+]1C/C=C/C[n+]1cccc(/C=N\O)c1. The fourth-order valence-corrected chi connectivity index (χ4v) is 2.02. The first-order valence-electron chi connectivity index (χ1n) is 6.81. The predicted molar refractivity (Wildman–Crippen MR) is 81.2 cm³/mol. The average Bonchev–Trinajstić information content (AvgIpc) is 2.54. The maximum atomic E-state index is 8.64. The molecular weight excluding hydrogens is 280 g/mol. The third-order valence-corrected chi connectivity index (χ3v) is 3.04. The largest absolute Gasteiger partial charge is 0.411 e. The number of hydrogen-bond donors (Lipinski definition) is 2. The van der Waals surface area contributed by atoms with E-state index in [1.807, 2.05) is 70.2 Å². The normalized spacial score (nSPS) is 11.8. The van der Waals surface area contributed by atoms with Gasteiger partial charge in [0, 0.05) is 18.2 Å². The summed E-state index contributed by atoms with van der Waals surface area (Å²) in [5.41, 5.74) is 1.65. The Kier molecular flexibility index (Phi) is 5.80. The van der Waals surface area contributed by atoms with Crippen LogP contribution in [0.3, 0.4) is 0 Å². The van der Waals surface area contributed by atoms with Gasteiger partial charge in [-0.15, -0.1) is 0 Å². The zero-order chi connectivity index (χ0) is 15.6. The van der Waals surface area contributed by atoms with Gasteiger partial charge in [-0.3, -0.25) is 0 Å². The van der Waals surface area contributed by atoms with Gasteiger partial charge in [0.15, 0.2) is 31.7 Å². The first-order chi connectivity index (χ1) is 10.8. The molecule has 0 unspecified atom stereocenters. The minimum absolute atomic E-state index is 0.681. The van der Waals surface area contributed by atoms with Crippen LogP contribution in [-0.2, 0) is 13.1 Å². The van der Waals surface area contributed by atoms with Crippen LogP contribution in [-0.4, -0.2) is 22.8 Å². The summed E-state index contributed by atoms with van der Waals surface area (Å²) in [5, 5.41) is 23.3. The molecule has 0 radical (unpaired) electrons. The van der Waals surface area contributed by atoms with Gasteiger partial charge < -0.3 is 10.4 Å². The second kappa shape index (κ2) is 8.31. The molecule has 112 valence electrons. The van der Waals surface area contributed by atoms with Gasteiger partial charge >= 0.3 is 0 Å². The van der Waals surface area contributed by atoms with Crippen LogP contribution in [0.5, 0.6) is 0 Å². The smallest absolute Gasteiger partial charge is 0.227 e. The lowest BCUT2D eigenvalue weighted by Gasteiger charge is -1.96. The summed E-state index contributed by atoms with van der Waals surface area (Å²) in [4.78, 5) is 0. The number of pyridine rings is 2. The number of aromatic nitrogens is 2. The minimum Gasteiger partial charge on any atom is -0.411 e. The van der Waals surface area contributed by atoms with E-state index in [2.05, 4.69) is 10.3 Å². The van der Waals surface area contributed by atoms with E-state index >= 15 is 0 Å². The number of rotatable bonds is 6. The van der Waals surface area contributed by atoms with Crippen LogP contribution in [0.1, 0.15) is 11.3 Å². The first kappa shape index (κ1) is 15.4. The van der Waals surface area contributed by atoms with Gasteiger partial charge in [0.25, 0.3) is 0 Å². The minimum atomic E-state index is 0.681. The molecule has 2 N–H and O–H groups in total. The molecule has 22 heavy (non-hydrogen) atoms. The molecule has 0 aliphatic heterocycles. The maximum Gasteiger partial charge on any atom is 0.227 e. The number of hydrogen-bond acceptors (Lipinski definition) is 4. The number of allylic oxidation sites excluding steroid dienone is 2. The zero-order valence-electron chi connectivity index (χ0n) is 12.0. The third-order valence-electron chi connectivity index (χ3n) is 3.04. The molecule has 0 atom stereocenters. The third kappa shape index (κ3) is 4.52. The van der Waals surface area contributed by atoms with Crippen molar-refractivity contribution in [1.29, 1.82) is 0 Å². The summed E-state index contributed by atoms with van der Waals surface area (Å²) >= 11 is 0. The van der Waals surface area contributed by atoms with Crippen molar-refractivity contribution in [2.45, 2.75) is 13.1 Å². The van der Waals surface area contributed by atoms with Gasteiger partial charge in [0.1, 0.15) is 6.21 Å². The van der Waals surface area contributed by atoms with Crippen LogP contribution >= 0.6 is 0 Å². The van der Waals surface area contributed by atoms with Gasteiger partial charge in [-0.05, 0) is 24.3 Å². The highest BCUT2D eigenvalue weighted by Crippen LogP contribution is 1.91. The molecule has 0 saturated carbocycles. The van der Waals surface area contributed by atoms with Crippen molar-refractivity contribution in [1.82, 2.24) is 0 Å². The highest BCUT2D eigenvalue weighted by molar-refractivity contribution is 5.77. The van der Waals surface area contributed by atoms with Gasteiger partial charge in [-0.1, -0.05) is 10.3 Å². The summed E-state index contributed by atoms with van der Waals surface area (Å²) in [6.07, 6.45) is 12.6. The molecule has 0 spiro atoms. The van der Waals surface area contributed by atoms with E-state index in [0.29, 0.717) is 13.1 Å². The molecule has 2 rings (SSSR count). The second-order valence-corrected chi connectivity index (χ2v) is 4.57. The van der Waals surface area contributed by atoms with Crippen LogP contribution in [0.25, 0.3) is 0 Å². The molecule has 2 aromatic rings. The summed E-state index contributed by atoms with van der Waals surface area (Å²) in [7, 11) is 0. The molecule has 0 aromatic carbocycles. The van der Waals surface area contributed by atoms with E-state index in [4.69, 9.17) is 10.4 Å². The fourth-order valence-electron chi connectivity index (χ4n) is 2.02. The summed E-state index contributed by atoms with van der Waals surface area (Å²) in [6.45, 7) is 1.39.